The van der Waals surface area contributed by atoms with Gasteiger partial charge in [0.15, 0.2) is 0 Å². The summed E-state index contributed by atoms with van der Waals surface area (Å²) in [5, 5.41) is 12.2. The third-order valence-corrected chi connectivity index (χ3v) is 1.69. The molecule has 0 saturated carbocycles. The fourth-order valence-corrected chi connectivity index (χ4v) is 1.06. The van der Waals surface area contributed by atoms with Gasteiger partial charge >= 0.3 is 0 Å². The average Bonchev–Trinajstić information content (AvgIpc) is 2.56. The zero-order chi connectivity index (χ0) is 9.68. The van der Waals surface area contributed by atoms with Crippen LogP contribution in [0, 0.1) is 0 Å². The summed E-state index contributed by atoms with van der Waals surface area (Å²) >= 11 is 0. The van der Waals surface area contributed by atoms with E-state index in [1.165, 1.54) is 0 Å². The quantitative estimate of drug-likeness (QED) is 0.679. The molecular weight excluding hydrogens is 172 g/mol. The van der Waals surface area contributed by atoms with Crippen molar-refractivity contribution in [3.63, 3.8) is 0 Å². The van der Waals surface area contributed by atoms with Crippen LogP contribution in [0.1, 0.15) is 18.2 Å². The Morgan fingerprint density at radius 2 is 2.38 bits per heavy atom. The van der Waals surface area contributed by atoms with Gasteiger partial charge in [-0.15, -0.1) is 0 Å². The monoisotopic (exact) mass is 186 g/mol. The number of aliphatic hydroxyl groups is 1. The smallest absolute Gasteiger partial charge is 0.258 e. The van der Waals surface area contributed by atoms with E-state index in [0.29, 0.717) is 12.4 Å². The fraction of sp³-hybridized carbons (Fsp3) is 0.625. The summed E-state index contributed by atoms with van der Waals surface area (Å²) in [7, 11) is 0. The van der Waals surface area contributed by atoms with Gasteiger partial charge in [0.25, 0.3) is 5.88 Å². The first-order valence-corrected chi connectivity index (χ1v) is 4.24. The van der Waals surface area contributed by atoms with Crippen LogP contribution in [0.2, 0.25) is 0 Å². The highest BCUT2D eigenvalue weighted by atomic mass is 16.5. The summed E-state index contributed by atoms with van der Waals surface area (Å²) in [5.41, 5.74) is 6.29. The molecule has 13 heavy (non-hydrogen) atoms. The second kappa shape index (κ2) is 4.84. The predicted molar refractivity (Wildman–Crippen MR) is 46.4 cm³/mol. The van der Waals surface area contributed by atoms with E-state index in [1.54, 1.807) is 0 Å². The van der Waals surface area contributed by atoms with Crippen molar-refractivity contribution in [2.75, 3.05) is 13.2 Å². The molecule has 0 aliphatic carbocycles. The Hall–Kier alpha value is -1.07. The van der Waals surface area contributed by atoms with Gasteiger partial charge in [-0.1, -0.05) is 6.92 Å². The standard InChI is InChI=1S/C8H14N2O3/c1-2-7-6(5-9)8(10-13-7)12-4-3-11/h11H,2-5,9H2,1H3. The molecular formula is C8H14N2O3. The topological polar surface area (TPSA) is 81.5 Å². The molecule has 0 atom stereocenters. The normalized spacial score (nSPS) is 10.4. The first-order valence-electron chi connectivity index (χ1n) is 4.24. The van der Waals surface area contributed by atoms with Gasteiger partial charge in [-0.3, -0.25) is 0 Å². The van der Waals surface area contributed by atoms with E-state index in [4.69, 9.17) is 20.1 Å². The maximum absolute atomic E-state index is 8.54. The number of aliphatic hydroxyl groups excluding tert-OH is 1. The molecule has 1 aromatic rings. The molecule has 1 heterocycles. The number of aromatic nitrogens is 1. The molecule has 5 nitrogen and oxygen atoms in total. The molecule has 1 rings (SSSR count). The molecule has 5 heteroatoms. The molecule has 0 bridgehead atoms. The second-order valence-electron chi connectivity index (χ2n) is 2.52. The fourth-order valence-electron chi connectivity index (χ4n) is 1.06. The molecule has 0 spiro atoms. The van der Waals surface area contributed by atoms with Crippen molar-refractivity contribution in [2.24, 2.45) is 5.73 Å². The minimum absolute atomic E-state index is 0.0433. The third-order valence-electron chi connectivity index (χ3n) is 1.69. The van der Waals surface area contributed by atoms with Crippen LogP contribution in [0.4, 0.5) is 0 Å². The summed E-state index contributed by atoms with van der Waals surface area (Å²) in [5.74, 6) is 1.14. The summed E-state index contributed by atoms with van der Waals surface area (Å²) in [4.78, 5) is 0. The molecule has 74 valence electrons. The lowest BCUT2D eigenvalue weighted by molar-refractivity contribution is 0.189. The van der Waals surface area contributed by atoms with Crippen molar-refractivity contribution in [1.82, 2.24) is 5.16 Å². The number of hydrogen-bond acceptors (Lipinski definition) is 5. The minimum atomic E-state index is -0.0433. The van der Waals surface area contributed by atoms with E-state index in [2.05, 4.69) is 5.16 Å². The Balaban J connectivity index is 2.75. The highest BCUT2D eigenvalue weighted by Gasteiger charge is 2.13. The first-order chi connectivity index (χ1) is 6.33. The Morgan fingerprint density at radius 3 is 2.92 bits per heavy atom. The molecule has 3 N–H and O–H groups in total. The predicted octanol–water partition coefficient (Wildman–Crippen LogP) is 0.0668. The van der Waals surface area contributed by atoms with E-state index in [-0.39, 0.29) is 13.2 Å². The van der Waals surface area contributed by atoms with Gasteiger partial charge in [-0.2, -0.15) is 0 Å². The van der Waals surface area contributed by atoms with Gasteiger partial charge in [0.05, 0.1) is 12.2 Å². The third kappa shape index (κ3) is 2.19. The molecule has 0 aromatic carbocycles. The van der Waals surface area contributed by atoms with Crippen molar-refractivity contribution in [2.45, 2.75) is 19.9 Å². The molecule has 0 unspecified atom stereocenters. The Bertz CT molecular complexity index is 260. The lowest BCUT2D eigenvalue weighted by atomic mass is 10.2. The molecule has 0 aliphatic rings. The molecule has 0 aliphatic heterocycles. The zero-order valence-electron chi connectivity index (χ0n) is 7.62. The van der Waals surface area contributed by atoms with Crippen molar-refractivity contribution in [3.8, 4) is 5.88 Å². The summed E-state index contributed by atoms with van der Waals surface area (Å²) in [6, 6.07) is 0. The van der Waals surface area contributed by atoms with Crippen LogP contribution in [0.3, 0.4) is 0 Å². The van der Waals surface area contributed by atoms with E-state index in [0.717, 1.165) is 17.7 Å². The number of nitrogens with zero attached hydrogens (tertiary/aromatic N) is 1. The Labute approximate surface area is 76.5 Å². The lowest BCUT2D eigenvalue weighted by Gasteiger charge is -2.00. The summed E-state index contributed by atoms with van der Waals surface area (Å²) < 4.78 is 10.1. The van der Waals surface area contributed by atoms with Crippen LogP contribution in [0.5, 0.6) is 5.88 Å². The van der Waals surface area contributed by atoms with Gasteiger partial charge in [0.2, 0.25) is 0 Å². The van der Waals surface area contributed by atoms with Crippen LogP contribution < -0.4 is 10.5 Å². The van der Waals surface area contributed by atoms with Crippen molar-refractivity contribution in [3.05, 3.63) is 11.3 Å². The van der Waals surface area contributed by atoms with Gasteiger partial charge in [-0.25, -0.2) is 0 Å². The Kier molecular flexibility index (Phi) is 3.72. The van der Waals surface area contributed by atoms with Crippen molar-refractivity contribution >= 4 is 0 Å². The van der Waals surface area contributed by atoms with Crippen LogP contribution in [-0.2, 0) is 13.0 Å². The number of ether oxygens (including phenoxy) is 1. The van der Waals surface area contributed by atoms with E-state index >= 15 is 0 Å². The number of nitrogens with two attached hydrogens (primary N) is 1. The average molecular weight is 186 g/mol. The van der Waals surface area contributed by atoms with Gasteiger partial charge in [0, 0.05) is 13.0 Å². The SMILES string of the molecule is CCc1onc(OCCO)c1CN. The Morgan fingerprint density at radius 1 is 1.62 bits per heavy atom. The van der Waals surface area contributed by atoms with Crippen LogP contribution in [-0.4, -0.2) is 23.5 Å². The molecule has 0 fully saturated rings. The van der Waals surface area contributed by atoms with Crippen LogP contribution in [0.15, 0.2) is 4.52 Å². The van der Waals surface area contributed by atoms with E-state index < -0.39 is 0 Å². The largest absolute Gasteiger partial charge is 0.473 e. The maximum Gasteiger partial charge on any atom is 0.258 e. The molecule has 0 saturated heterocycles. The van der Waals surface area contributed by atoms with Gasteiger partial charge < -0.3 is 20.1 Å². The van der Waals surface area contributed by atoms with Gasteiger partial charge in [0.1, 0.15) is 12.4 Å². The van der Waals surface area contributed by atoms with Crippen molar-refractivity contribution in [1.29, 1.82) is 0 Å². The first kappa shape index (κ1) is 10.0. The van der Waals surface area contributed by atoms with E-state index in [1.807, 2.05) is 6.92 Å². The molecule has 1 aromatic heterocycles. The molecule has 0 radical (unpaired) electrons. The van der Waals surface area contributed by atoms with Crippen LogP contribution >= 0.6 is 0 Å². The zero-order valence-corrected chi connectivity index (χ0v) is 7.62. The minimum Gasteiger partial charge on any atom is -0.473 e. The highest BCUT2D eigenvalue weighted by molar-refractivity contribution is 5.27. The lowest BCUT2D eigenvalue weighted by Crippen LogP contribution is -2.06. The maximum atomic E-state index is 8.54. The number of hydrogen-bond donors (Lipinski definition) is 2. The molecule has 0 amide bonds. The number of aryl methyl sites for hydroxylation is 1. The van der Waals surface area contributed by atoms with Crippen molar-refractivity contribution < 1.29 is 14.4 Å². The van der Waals surface area contributed by atoms with Crippen LogP contribution in [0.25, 0.3) is 0 Å². The summed E-state index contributed by atoms with van der Waals surface area (Å²) in [6.45, 7) is 2.46. The summed E-state index contributed by atoms with van der Waals surface area (Å²) in [6.07, 6.45) is 0.738. The number of rotatable bonds is 5. The van der Waals surface area contributed by atoms with Gasteiger partial charge in [-0.05, 0) is 5.16 Å². The highest BCUT2D eigenvalue weighted by Crippen LogP contribution is 2.20. The second-order valence-corrected chi connectivity index (χ2v) is 2.52. The van der Waals surface area contributed by atoms with E-state index in [9.17, 15) is 0 Å².